The molecule has 1 amide bonds. The molecule has 2 rings (SSSR count). The number of carbonyl (C=O) groups excluding carboxylic acids is 1. The number of methoxy groups -OCH3 is 1. The lowest BCUT2D eigenvalue weighted by molar-refractivity contribution is -0.119. The Morgan fingerprint density at radius 1 is 1.50 bits per heavy atom. The molecule has 1 aliphatic rings. The molecule has 0 spiro atoms. The van der Waals surface area contributed by atoms with Gasteiger partial charge in [0.25, 0.3) is 0 Å². The molecule has 0 unspecified atom stereocenters. The molecule has 1 aliphatic carbocycles. The van der Waals surface area contributed by atoms with Crippen molar-refractivity contribution in [2.45, 2.75) is 30.2 Å². The number of rotatable bonds is 6. The number of benzene rings is 1. The van der Waals surface area contributed by atoms with Crippen LogP contribution in [0.1, 0.15) is 19.8 Å². The van der Waals surface area contributed by atoms with Gasteiger partial charge in [-0.05, 0) is 49.9 Å². The van der Waals surface area contributed by atoms with Gasteiger partial charge in [-0.1, -0.05) is 0 Å². The van der Waals surface area contributed by atoms with Gasteiger partial charge >= 0.3 is 0 Å². The van der Waals surface area contributed by atoms with Gasteiger partial charge in [0.15, 0.2) is 0 Å². The van der Waals surface area contributed by atoms with Crippen molar-refractivity contribution in [2.75, 3.05) is 12.9 Å². The zero-order chi connectivity index (χ0) is 14.6. The van der Waals surface area contributed by atoms with Crippen LogP contribution in [0.4, 0.5) is 0 Å². The van der Waals surface area contributed by atoms with Crippen LogP contribution in [-0.4, -0.2) is 24.3 Å². The van der Waals surface area contributed by atoms with Crippen LogP contribution >= 0.6 is 11.8 Å². The SMILES string of the molecule is COc1ccc(SCC(=O)N[C@@](C)(C#N)C2CC2)cc1. The summed E-state index contributed by atoms with van der Waals surface area (Å²) < 4.78 is 5.08. The smallest absolute Gasteiger partial charge is 0.231 e. The van der Waals surface area contributed by atoms with E-state index in [1.807, 2.05) is 24.3 Å². The van der Waals surface area contributed by atoms with E-state index in [4.69, 9.17) is 4.74 Å². The van der Waals surface area contributed by atoms with Crippen LogP contribution < -0.4 is 10.1 Å². The molecule has 0 bridgehead atoms. The van der Waals surface area contributed by atoms with Gasteiger partial charge < -0.3 is 10.1 Å². The topological polar surface area (TPSA) is 62.1 Å². The van der Waals surface area contributed by atoms with Gasteiger partial charge in [-0.25, -0.2) is 0 Å². The molecule has 1 aromatic carbocycles. The highest BCUT2D eigenvalue weighted by Crippen LogP contribution is 2.39. The Kier molecular flexibility index (Phi) is 4.56. The predicted octanol–water partition coefficient (Wildman–Crippen LogP) is 2.60. The van der Waals surface area contributed by atoms with Crippen molar-refractivity contribution in [1.29, 1.82) is 5.26 Å². The molecule has 106 valence electrons. The molecule has 1 fully saturated rings. The minimum Gasteiger partial charge on any atom is -0.497 e. The van der Waals surface area contributed by atoms with Crippen molar-refractivity contribution in [3.63, 3.8) is 0 Å². The highest BCUT2D eigenvalue weighted by molar-refractivity contribution is 8.00. The molecule has 4 nitrogen and oxygen atoms in total. The maximum Gasteiger partial charge on any atom is 0.231 e. The van der Waals surface area contributed by atoms with Gasteiger partial charge in [0.1, 0.15) is 11.3 Å². The van der Waals surface area contributed by atoms with Crippen molar-refractivity contribution in [3.8, 4) is 11.8 Å². The van der Waals surface area contributed by atoms with E-state index in [-0.39, 0.29) is 5.91 Å². The monoisotopic (exact) mass is 290 g/mol. The maximum absolute atomic E-state index is 11.9. The number of nitrogens with one attached hydrogen (secondary N) is 1. The van der Waals surface area contributed by atoms with E-state index in [1.54, 1.807) is 14.0 Å². The minimum absolute atomic E-state index is 0.0956. The second kappa shape index (κ2) is 6.19. The van der Waals surface area contributed by atoms with Crippen LogP contribution in [0.25, 0.3) is 0 Å². The predicted molar refractivity (Wildman–Crippen MR) is 78.6 cm³/mol. The summed E-state index contributed by atoms with van der Waals surface area (Å²) in [6, 6.07) is 9.79. The van der Waals surface area contributed by atoms with E-state index in [0.717, 1.165) is 23.5 Å². The molecule has 1 saturated carbocycles. The van der Waals surface area contributed by atoms with Crippen LogP contribution in [0.15, 0.2) is 29.2 Å². The van der Waals surface area contributed by atoms with Gasteiger partial charge in [0.2, 0.25) is 5.91 Å². The molecule has 20 heavy (non-hydrogen) atoms. The third-order valence-electron chi connectivity index (χ3n) is 3.45. The quantitative estimate of drug-likeness (QED) is 0.818. The van der Waals surface area contributed by atoms with E-state index >= 15 is 0 Å². The first-order valence-corrected chi connectivity index (χ1v) is 7.55. The summed E-state index contributed by atoms with van der Waals surface area (Å²) in [6.07, 6.45) is 2.05. The molecule has 0 heterocycles. The normalized spacial score (nSPS) is 16.9. The van der Waals surface area contributed by atoms with Gasteiger partial charge in [-0.3, -0.25) is 4.79 Å². The second-order valence-corrected chi connectivity index (χ2v) is 6.15. The lowest BCUT2D eigenvalue weighted by atomic mass is 9.98. The van der Waals surface area contributed by atoms with Crippen molar-refractivity contribution in [3.05, 3.63) is 24.3 Å². The molecule has 0 radical (unpaired) electrons. The largest absolute Gasteiger partial charge is 0.497 e. The Labute approximate surface area is 123 Å². The zero-order valence-corrected chi connectivity index (χ0v) is 12.5. The Hall–Kier alpha value is -1.67. The lowest BCUT2D eigenvalue weighted by Crippen LogP contribution is -2.47. The molecule has 1 N–H and O–H groups in total. The fourth-order valence-corrected chi connectivity index (χ4v) is 2.73. The van der Waals surface area contributed by atoms with Crippen LogP contribution in [0.5, 0.6) is 5.75 Å². The number of hydrogen-bond donors (Lipinski definition) is 1. The van der Waals surface area contributed by atoms with Crippen molar-refractivity contribution < 1.29 is 9.53 Å². The van der Waals surface area contributed by atoms with Crippen molar-refractivity contribution in [2.24, 2.45) is 5.92 Å². The summed E-state index contributed by atoms with van der Waals surface area (Å²) in [5, 5.41) is 12.1. The molecule has 5 heteroatoms. The highest BCUT2D eigenvalue weighted by atomic mass is 32.2. The van der Waals surface area contributed by atoms with E-state index < -0.39 is 5.54 Å². The summed E-state index contributed by atoms with van der Waals surface area (Å²) in [5.74, 6) is 1.32. The van der Waals surface area contributed by atoms with Crippen molar-refractivity contribution >= 4 is 17.7 Å². The average molecular weight is 290 g/mol. The van der Waals surface area contributed by atoms with Crippen LogP contribution in [0.3, 0.4) is 0 Å². The third-order valence-corrected chi connectivity index (χ3v) is 4.47. The number of nitriles is 1. The summed E-state index contributed by atoms with van der Waals surface area (Å²) in [7, 11) is 1.62. The Balaban J connectivity index is 1.84. The number of nitrogens with zero attached hydrogens (tertiary/aromatic N) is 1. The molecule has 0 aromatic heterocycles. The molecule has 0 saturated heterocycles. The number of thioether (sulfide) groups is 1. The summed E-state index contributed by atoms with van der Waals surface area (Å²) in [4.78, 5) is 12.9. The van der Waals surface area contributed by atoms with Crippen LogP contribution in [0, 0.1) is 17.2 Å². The Morgan fingerprint density at radius 2 is 2.15 bits per heavy atom. The first-order valence-electron chi connectivity index (χ1n) is 6.56. The highest BCUT2D eigenvalue weighted by Gasteiger charge is 2.42. The standard InChI is InChI=1S/C15H18N2O2S/c1-15(10-16,11-3-4-11)17-14(18)9-20-13-7-5-12(19-2)6-8-13/h5-8,11H,3-4,9H2,1-2H3,(H,17,18)/t15-/m0/s1. The van der Waals surface area contributed by atoms with E-state index in [1.165, 1.54) is 11.8 Å². The maximum atomic E-state index is 11.9. The summed E-state index contributed by atoms with van der Waals surface area (Å²) in [6.45, 7) is 1.81. The molecular formula is C15H18N2O2S. The minimum atomic E-state index is -0.711. The molecule has 0 aliphatic heterocycles. The Bertz CT molecular complexity index is 520. The molecular weight excluding hydrogens is 272 g/mol. The second-order valence-electron chi connectivity index (χ2n) is 5.10. The number of hydrogen-bond acceptors (Lipinski definition) is 4. The Morgan fingerprint density at radius 3 is 2.65 bits per heavy atom. The fourth-order valence-electron chi connectivity index (χ4n) is 2.03. The number of ether oxygens (including phenoxy) is 1. The zero-order valence-electron chi connectivity index (χ0n) is 11.7. The third kappa shape index (κ3) is 3.67. The fraction of sp³-hybridized carbons (Fsp3) is 0.467. The van der Waals surface area contributed by atoms with E-state index in [0.29, 0.717) is 11.7 Å². The summed E-state index contributed by atoms with van der Waals surface area (Å²) in [5.41, 5.74) is -0.711. The van der Waals surface area contributed by atoms with Gasteiger partial charge in [0.05, 0.1) is 18.9 Å². The van der Waals surface area contributed by atoms with E-state index in [2.05, 4.69) is 11.4 Å². The first kappa shape index (κ1) is 14.7. The lowest BCUT2D eigenvalue weighted by Gasteiger charge is -2.22. The number of amides is 1. The van der Waals surface area contributed by atoms with Gasteiger partial charge in [0, 0.05) is 4.90 Å². The first-order chi connectivity index (χ1) is 9.57. The average Bonchev–Trinajstić information content (AvgIpc) is 3.30. The van der Waals surface area contributed by atoms with Gasteiger partial charge in [-0.15, -0.1) is 11.8 Å². The van der Waals surface area contributed by atoms with Gasteiger partial charge in [-0.2, -0.15) is 5.26 Å². The molecule has 1 aromatic rings. The van der Waals surface area contributed by atoms with E-state index in [9.17, 15) is 10.1 Å². The summed E-state index contributed by atoms with van der Waals surface area (Å²) >= 11 is 1.45. The molecule has 1 atom stereocenters. The van der Waals surface area contributed by atoms with Crippen molar-refractivity contribution in [1.82, 2.24) is 5.32 Å². The van der Waals surface area contributed by atoms with Crippen LogP contribution in [-0.2, 0) is 4.79 Å². The van der Waals surface area contributed by atoms with Crippen LogP contribution in [0.2, 0.25) is 0 Å². The number of carbonyl (C=O) groups is 1.